The molecule has 3 heteroatoms. The van der Waals surface area contributed by atoms with Crippen LogP contribution in [0.2, 0.25) is 0 Å². The van der Waals surface area contributed by atoms with E-state index in [9.17, 15) is 9.90 Å². The van der Waals surface area contributed by atoms with Gasteiger partial charge in [-0.15, -0.1) is 0 Å². The SMILES string of the molecule is Cc1ccc(COc2ccc(/C=C/C(=O)[O-])cc2)cc1. The summed E-state index contributed by atoms with van der Waals surface area (Å²) in [7, 11) is 0. The lowest BCUT2D eigenvalue weighted by Gasteiger charge is -2.07. The first-order valence-corrected chi connectivity index (χ1v) is 6.31. The Kier molecular flexibility index (Phi) is 4.56. The molecule has 0 radical (unpaired) electrons. The van der Waals surface area contributed by atoms with E-state index >= 15 is 0 Å². The number of carbonyl (C=O) groups is 1. The van der Waals surface area contributed by atoms with Crippen LogP contribution in [-0.2, 0) is 11.4 Å². The Morgan fingerprint density at radius 1 is 1.10 bits per heavy atom. The van der Waals surface area contributed by atoms with E-state index in [2.05, 4.69) is 0 Å². The van der Waals surface area contributed by atoms with Crippen LogP contribution < -0.4 is 9.84 Å². The van der Waals surface area contributed by atoms with Crippen LogP contribution >= 0.6 is 0 Å². The van der Waals surface area contributed by atoms with Gasteiger partial charge < -0.3 is 14.6 Å². The van der Waals surface area contributed by atoms with E-state index in [-0.39, 0.29) is 0 Å². The molecule has 3 nitrogen and oxygen atoms in total. The molecule has 20 heavy (non-hydrogen) atoms. The van der Waals surface area contributed by atoms with E-state index in [1.807, 2.05) is 43.3 Å². The molecule has 0 heterocycles. The maximum atomic E-state index is 10.3. The molecule has 0 aromatic heterocycles. The summed E-state index contributed by atoms with van der Waals surface area (Å²) in [5.41, 5.74) is 3.12. The fourth-order valence-corrected chi connectivity index (χ4v) is 1.69. The van der Waals surface area contributed by atoms with Crippen LogP contribution in [0.3, 0.4) is 0 Å². The summed E-state index contributed by atoms with van der Waals surface area (Å²) in [6, 6.07) is 15.4. The maximum Gasteiger partial charge on any atom is 0.119 e. The molecular formula is C17H15O3-. The Bertz CT molecular complexity index is 595. The Morgan fingerprint density at radius 3 is 2.35 bits per heavy atom. The molecule has 0 aliphatic carbocycles. The number of rotatable bonds is 5. The predicted molar refractivity (Wildman–Crippen MR) is 76.0 cm³/mol. The largest absolute Gasteiger partial charge is 0.545 e. The van der Waals surface area contributed by atoms with Crippen molar-refractivity contribution in [2.75, 3.05) is 0 Å². The summed E-state index contributed by atoms with van der Waals surface area (Å²) in [4.78, 5) is 10.3. The number of carboxylic acids is 1. The first-order chi connectivity index (χ1) is 9.63. The summed E-state index contributed by atoms with van der Waals surface area (Å²) < 4.78 is 5.66. The number of hydrogen-bond acceptors (Lipinski definition) is 3. The zero-order valence-electron chi connectivity index (χ0n) is 11.2. The highest BCUT2D eigenvalue weighted by atomic mass is 16.5. The monoisotopic (exact) mass is 267 g/mol. The first kappa shape index (κ1) is 13.9. The molecule has 0 saturated carbocycles. The molecule has 0 bridgehead atoms. The number of aryl methyl sites for hydroxylation is 1. The minimum atomic E-state index is -1.20. The van der Waals surface area contributed by atoms with Crippen LogP contribution in [0.5, 0.6) is 5.75 Å². The Balaban J connectivity index is 1.93. The third kappa shape index (κ3) is 4.28. The minimum absolute atomic E-state index is 0.508. The van der Waals surface area contributed by atoms with Crippen molar-refractivity contribution in [3.8, 4) is 5.75 Å². The van der Waals surface area contributed by atoms with Crippen molar-refractivity contribution < 1.29 is 14.6 Å². The van der Waals surface area contributed by atoms with E-state index in [1.54, 1.807) is 12.1 Å². The molecule has 0 saturated heterocycles. The predicted octanol–water partition coefficient (Wildman–Crippen LogP) is 2.34. The van der Waals surface area contributed by atoms with Gasteiger partial charge in [-0.2, -0.15) is 0 Å². The molecule has 102 valence electrons. The highest BCUT2D eigenvalue weighted by Gasteiger charge is 1.96. The van der Waals surface area contributed by atoms with Crippen molar-refractivity contribution in [1.29, 1.82) is 0 Å². The van der Waals surface area contributed by atoms with Gasteiger partial charge in [0.2, 0.25) is 0 Å². The maximum absolute atomic E-state index is 10.3. The quantitative estimate of drug-likeness (QED) is 0.781. The lowest BCUT2D eigenvalue weighted by molar-refractivity contribution is -0.297. The molecule has 0 atom stereocenters. The van der Waals surface area contributed by atoms with Crippen LogP contribution in [0.1, 0.15) is 16.7 Å². The molecule has 0 unspecified atom stereocenters. The molecule has 2 rings (SSSR count). The minimum Gasteiger partial charge on any atom is -0.545 e. The number of hydrogen-bond donors (Lipinski definition) is 0. The van der Waals surface area contributed by atoms with Crippen molar-refractivity contribution in [3.05, 3.63) is 71.3 Å². The van der Waals surface area contributed by atoms with Crippen LogP contribution in [0.25, 0.3) is 6.08 Å². The third-order valence-corrected chi connectivity index (χ3v) is 2.82. The van der Waals surface area contributed by atoms with Crippen molar-refractivity contribution in [2.24, 2.45) is 0 Å². The number of carboxylic acid groups (broad SMARTS) is 1. The normalized spacial score (nSPS) is 10.7. The second-order valence-corrected chi connectivity index (χ2v) is 4.50. The van der Waals surface area contributed by atoms with Gasteiger partial charge in [-0.05, 0) is 36.3 Å². The second kappa shape index (κ2) is 6.57. The zero-order chi connectivity index (χ0) is 14.4. The van der Waals surface area contributed by atoms with Gasteiger partial charge in [0.05, 0.1) is 5.97 Å². The van der Waals surface area contributed by atoms with Crippen molar-refractivity contribution in [3.63, 3.8) is 0 Å². The molecular weight excluding hydrogens is 252 g/mol. The Hall–Kier alpha value is -2.55. The molecule has 0 amide bonds. The summed E-state index contributed by atoms with van der Waals surface area (Å²) in [6.45, 7) is 2.55. The lowest BCUT2D eigenvalue weighted by Crippen LogP contribution is -2.18. The molecule has 0 aliphatic heterocycles. The summed E-state index contributed by atoms with van der Waals surface area (Å²) >= 11 is 0. The van der Waals surface area contributed by atoms with Gasteiger partial charge in [0.1, 0.15) is 12.4 Å². The second-order valence-electron chi connectivity index (χ2n) is 4.50. The molecule has 0 aliphatic rings. The van der Waals surface area contributed by atoms with Crippen molar-refractivity contribution >= 4 is 12.0 Å². The average molecular weight is 267 g/mol. The highest BCUT2D eigenvalue weighted by Crippen LogP contribution is 2.15. The van der Waals surface area contributed by atoms with E-state index in [1.165, 1.54) is 11.6 Å². The summed E-state index contributed by atoms with van der Waals surface area (Å²) in [5, 5.41) is 10.3. The standard InChI is InChI=1S/C17H16O3/c1-13-2-4-15(5-3-13)12-20-16-9-6-14(7-10-16)8-11-17(18)19/h2-11H,12H2,1H3,(H,18,19)/p-1/b11-8+. The number of benzene rings is 2. The fraction of sp³-hybridized carbons (Fsp3) is 0.118. The van der Waals surface area contributed by atoms with E-state index in [4.69, 9.17) is 4.74 Å². The third-order valence-electron chi connectivity index (χ3n) is 2.82. The summed E-state index contributed by atoms with van der Waals surface area (Å²) in [6.07, 6.45) is 2.49. The van der Waals surface area contributed by atoms with Gasteiger partial charge in [-0.1, -0.05) is 48.0 Å². The fourth-order valence-electron chi connectivity index (χ4n) is 1.69. The van der Waals surface area contributed by atoms with Crippen molar-refractivity contribution in [2.45, 2.75) is 13.5 Å². The van der Waals surface area contributed by atoms with Gasteiger partial charge in [0.15, 0.2) is 0 Å². The van der Waals surface area contributed by atoms with Crippen LogP contribution in [0.4, 0.5) is 0 Å². The van der Waals surface area contributed by atoms with Gasteiger partial charge in [-0.25, -0.2) is 0 Å². The smallest absolute Gasteiger partial charge is 0.119 e. The molecule has 2 aromatic carbocycles. The van der Waals surface area contributed by atoms with Crippen LogP contribution in [-0.4, -0.2) is 5.97 Å². The van der Waals surface area contributed by atoms with Crippen LogP contribution in [0, 0.1) is 6.92 Å². The van der Waals surface area contributed by atoms with Gasteiger partial charge in [0, 0.05) is 0 Å². The topological polar surface area (TPSA) is 49.4 Å². The van der Waals surface area contributed by atoms with Gasteiger partial charge in [0.25, 0.3) is 0 Å². The van der Waals surface area contributed by atoms with Gasteiger partial charge >= 0.3 is 0 Å². The van der Waals surface area contributed by atoms with Crippen LogP contribution in [0.15, 0.2) is 54.6 Å². The number of ether oxygens (including phenoxy) is 1. The van der Waals surface area contributed by atoms with E-state index in [0.717, 1.165) is 23.0 Å². The van der Waals surface area contributed by atoms with Crippen molar-refractivity contribution in [1.82, 2.24) is 0 Å². The Labute approximate surface area is 118 Å². The molecule has 0 spiro atoms. The zero-order valence-corrected chi connectivity index (χ0v) is 11.2. The van der Waals surface area contributed by atoms with E-state index < -0.39 is 5.97 Å². The number of carbonyl (C=O) groups excluding carboxylic acids is 1. The number of aliphatic carboxylic acids is 1. The summed E-state index contributed by atoms with van der Waals surface area (Å²) in [5.74, 6) is -0.458. The molecule has 2 aromatic rings. The average Bonchev–Trinajstić information content (AvgIpc) is 2.45. The first-order valence-electron chi connectivity index (χ1n) is 6.31. The lowest BCUT2D eigenvalue weighted by atomic mass is 10.2. The molecule has 0 N–H and O–H groups in total. The van der Waals surface area contributed by atoms with Gasteiger partial charge in [-0.3, -0.25) is 0 Å². The highest BCUT2D eigenvalue weighted by molar-refractivity contribution is 5.83. The van der Waals surface area contributed by atoms with E-state index in [0.29, 0.717) is 6.61 Å². The Morgan fingerprint density at radius 2 is 1.75 bits per heavy atom. The molecule has 0 fully saturated rings.